The number of rotatable bonds is 9. The zero-order valence-corrected chi connectivity index (χ0v) is 13.3. The van der Waals surface area contributed by atoms with Gasteiger partial charge in [0.15, 0.2) is 0 Å². The summed E-state index contributed by atoms with van der Waals surface area (Å²) >= 11 is 1.23. The van der Waals surface area contributed by atoms with Crippen molar-refractivity contribution >= 4 is 34.0 Å². The van der Waals surface area contributed by atoms with Crippen LogP contribution < -0.4 is 5.32 Å². The van der Waals surface area contributed by atoms with Crippen LogP contribution in [0.5, 0.6) is 0 Å². The zero-order chi connectivity index (χ0) is 15.7. The van der Waals surface area contributed by atoms with E-state index in [1.807, 2.05) is 0 Å². The van der Waals surface area contributed by atoms with Gasteiger partial charge < -0.3 is 10.1 Å². The summed E-state index contributed by atoms with van der Waals surface area (Å²) in [6.45, 7) is 2.11. The number of ketones is 1. The van der Waals surface area contributed by atoms with Crippen LogP contribution in [-0.2, 0) is 14.3 Å². The molecule has 0 aliphatic rings. The lowest BCUT2D eigenvalue weighted by molar-refractivity contribution is -0.125. The molecule has 1 rings (SSSR count). The van der Waals surface area contributed by atoms with Gasteiger partial charge in [-0.05, 0) is 17.9 Å². The van der Waals surface area contributed by atoms with E-state index < -0.39 is 5.97 Å². The minimum Gasteiger partial charge on any atom is -0.465 e. The average molecular weight is 311 g/mol. The molecule has 0 atom stereocenters. The van der Waals surface area contributed by atoms with Crippen LogP contribution in [0.15, 0.2) is 11.4 Å². The van der Waals surface area contributed by atoms with E-state index in [0.29, 0.717) is 17.0 Å². The number of ether oxygens (including phenoxy) is 1. The molecule has 0 fully saturated rings. The van der Waals surface area contributed by atoms with E-state index in [1.165, 1.54) is 18.4 Å². The number of carbonyl (C=O) groups is 3. The molecule has 116 valence electrons. The summed E-state index contributed by atoms with van der Waals surface area (Å²) in [5, 5.41) is 4.71. The van der Waals surface area contributed by atoms with Crippen molar-refractivity contribution in [1.82, 2.24) is 0 Å². The van der Waals surface area contributed by atoms with E-state index >= 15 is 0 Å². The molecule has 0 radical (unpaired) electrons. The molecular weight excluding hydrogens is 290 g/mol. The average Bonchev–Trinajstić information content (AvgIpc) is 2.90. The number of Topliss-reactive ketones (excluding diaryl/α,β-unsaturated/α-hetero) is 1. The van der Waals surface area contributed by atoms with Crippen molar-refractivity contribution in [2.75, 3.05) is 12.4 Å². The SMILES string of the molecule is CCCCCCC(=O)CC(=O)Nc1sccc1C(=O)OC. The molecule has 0 aliphatic heterocycles. The number of unbranched alkanes of at least 4 members (excludes halogenated alkanes) is 3. The van der Waals surface area contributed by atoms with E-state index in [1.54, 1.807) is 11.4 Å². The van der Waals surface area contributed by atoms with Crippen molar-refractivity contribution in [3.63, 3.8) is 0 Å². The minimum absolute atomic E-state index is 0.0697. The van der Waals surface area contributed by atoms with Gasteiger partial charge in [-0.1, -0.05) is 26.2 Å². The van der Waals surface area contributed by atoms with Crippen LogP contribution in [0.25, 0.3) is 0 Å². The van der Waals surface area contributed by atoms with Crippen LogP contribution in [0.1, 0.15) is 55.8 Å². The fourth-order valence-electron chi connectivity index (χ4n) is 1.86. The molecule has 0 bridgehead atoms. The Morgan fingerprint density at radius 1 is 1.24 bits per heavy atom. The van der Waals surface area contributed by atoms with Crippen LogP contribution >= 0.6 is 11.3 Å². The molecular formula is C15H21NO4S. The van der Waals surface area contributed by atoms with E-state index in [2.05, 4.69) is 17.0 Å². The van der Waals surface area contributed by atoms with Gasteiger partial charge in [-0.3, -0.25) is 9.59 Å². The number of hydrogen-bond acceptors (Lipinski definition) is 5. The maximum absolute atomic E-state index is 11.8. The maximum Gasteiger partial charge on any atom is 0.340 e. The lowest BCUT2D eigenvalue weighted by Gasteiger charge is -2.05. The quantitative estimate of drug-likeness (QED) is 0.431. The number of amides is 1. The lowest BCUT2D eigenvalue weighted by Crippen LogP contribution is -2.17. The highest BCUT2D eigenvalue weighted by molar-refractivity contribution is 7.14. The second-order valence-electron chi connectivity index (χ2n) is 4.73. The molecule has 0 saturated carbocycles. The molecule has 1 heterocycles. The van der Waals surface area contributed by atoms with Crippen LogP contribution in [0.2, 0.25) is 0 Å². The molecule has 1 aromatic rings. The molecule has 1 N–H and O–H groups in total. The lowest BCUT2D eigenvalue weighted by atomic mass is 10.1. The largest absolute Gasteiger partial charge is 0.465 e. The summed E-state index contributed by atoms with van der Waals surface area (Å²) in [7, 11) is 1.28. The molecule has 21 heavy (non-hydrogen) atoms. The minimum atomic E-state index is -0.502. The summed E-state index contributed by atoms with van der Waals surface area (Å²) in [4.78, 5) is 34.9. The van der Waals surface area contributed by atoms with Crippen LogP contribution in [-0.4, -0.2) is 24.8 Å². The third kappa shape index (κ3) is 6.08. The molecule has 1 aromatic heterocycles. The van der Waals surface area contributed by atoms with Crippen molar-refractivity contribution in [1.29, 1.82) is 0 Å². The van der Waals surface area contributed by atoms with Crippen molar-refractivity contribution < 1.29 is 19.1 Å². The Kier molecular flexibility index (Phi) is 7.68. The first kappa shape index (κ1) is 17.4. The monoisotopic (exact) mass is 311 g/mol. The first-order valence-corrected chi connectivity index (χ1v) is 7.93. The van der Waals surface area contributed by atoms with Gasteiger partial charge in [-0.25, -0.2) is 4.79 Å². The summed E-state index contributed by atoms with van der Waals surface area (Å²) < 4.78 is 4.62. The number of methoxy groups -OCH3 is 1. The zero-order valence-electron chi connectivity index (χ0n) is 12.4. The molecule has 6 heteroatoms. The maximum atomic E-state index is 11.8. The highest BCUT2D eigenvalue weighted by atomic mass is 32.1. The third-order valence-corrected chi connectivity index (χ3v) is 3.82. The van der Waals surface area contributed by atoms with Gasteiger partial charge in [0.1, 0.15) is 10.8 Å². The van der Waals surface area contributed by atoms with E-state index in [-0.39, 0.29) is 18.1 Å². The van der Waals surface area contributed by atoms with Crippen molar-refractivity contribution in [2.45, 2.75) is 45.4 Å². The Morgan fingerprint density at radius 2 is 2.00 bits per heavy atom. The number of carbonyl (C=O) groups excluding carboxylic acids is 3. The van der Waals surface area contributed by atoms with Gasteiger partial charge in [0.05, 0.1) is 19.1 Å². The second-order valence-corrected chi connectivity index (χ2v) is 5.65. The summed E-state index contributed by atoms with van der Waals surface area (Å²) in [5.74, 6) is -0.958. The summed E-state index contributed by atoms with van der Waals surface area (Å²) in [5.41, 5.74) is 0.311. The Hall–Kier alpha value is -1.69. The van der Waals surface area contributed by atoms with Crippen molar-refractivity contribution in [3.05, 3.63) is 17.0 Å². The van der Waals surface area contributed by atoms with Crippen molar-refractivity contribution in [3.8, 4) is 0 Å². The Morgan fingerprint density at radius 3 is 2.67 bits per heavy atom. The first-order chi connectivity index (χ1) is 10.1. The van der Waals surface area contributed by atoms with Gasteiger partial charge in [0.2, 0.25) is 5.91 Å². The standard InChI is InChI=1S/C15H21NO4S/c1-3-4-5-6-7-11(17)10-13(18)16-14-12(8-9-21-14)15(19)20-2/h8-9H,3-7,10H2,1-2H3,(H,16,18). The van der Waals surface area contributed by atoms with Gasteiger partial charge >= 0.3 is 5.97 Å². The Labute approximate surface area is 128 Å². The highest BCUT2D eigenvalue weighted by Crippen LogP contribution is 2.24. The van der Waals surface area contributed by atoms with Crippen LogP contribution in [0.4, 0.5) is 5.00 Å². The smallest absolute Gasteiger partial charge is 0.340 e. The highest BCUT2D eigenvalue weighted by Gasteiger charge is 2.16. The molecule has 0 saturated heterocycles. The normalized spacial score (nSPS) is 10.2. The predicted octanol–water partition coefficient (Wildman–Crippen LogP) is 3.40. The molecule has 0 aromatic carbocycles. The van der Waals surface area contributed by atoms with Crippen LogP contribution in [0.3, 0.4) is 0 Å². The Bertz CT molecular complexity index is 496. The fourth-order valence-corrected chi connectivity index (χ4v) is 2.66. The molecule has 0 unspecified atom stereocenters. The van der Waals surface area contributed by atoms with Gasteiger partial charge in [-0.2, -0.15) is 0 Å². The molecule has 0 spiro atoms. The molecule has 0 aliphatic carbocycles. The van der Waals surface area contributed by atoms with Crippen LogP contribution in [0, 0.1) is 0 Å². The second kappa shape index (κ2) is 9.28. The number of thiophene rings is 1. The van der Waals surface area contributed by atoms with E-state index in [9.17, 15) is 14.4 Å². The molecule has 1 amide bonds. The molecule has 5 nitrogen and oxygen atoms in total. The number of hydrogen-bond donors (Lipinski definition) is 1. The third-order valence-electron chi connectivity index (χ3n) is 2.99. The number of esters is 1. The van der Waals surface area contributed by atoms with Crippen molar-refractivity contribution in [2.24, 2.45) is 0 Å². The number of nitrogens with one attached hydrogen (secondary N) is 1. The summed E-state index contributed by atoms with van der Waals surface area (Å²) in [6.07, 6.45) is 4.35. The van der Waals surface area contributed by atoms with E-state index in [0.717, 1.165) is 25.7 Å². The van der Waals surface area contributed by atoms with Gasteiger partial charge in [-0.15, -0.1) is 11.3 Å². The topological polar surface area (TPSA) is 72.5 Å². The summed E-state index contributed by atoms with van der Waals surface area (Å²) in [6, 6.07) is 1.58. The fraction of sp³-hybridized carbons (Fsp3) is 0.533. The predicted molar refractivity (Wildman–Crippen MR) is 82.7 cm³/mol. The van der Waals surface area contributed by atoms with E-state index in [4.69, 9.17) is 0 Å². The number of anilines is 1. The first-order valence-electron chi connectivity index (χ1n) is 7.05. The van der Waals surface area contributed by atoms with Gasteiger partial charge in [0, 0.05) is 6.42 Å². The Balaban J connectivity index is 2.42. The van der Waals surface area contributed by atoms with Gasteiger partial charge in [0.25, 0.3) is 0 Å².